The third-order valence-electron chi connectivity index (χ3n) is 1.76. The Morgan fingerprint density at radius 3 is 2.29 bits per heavy atom. The Balaban J connectivity index is 2.98. The summed E-state index contributed by atoms with van der Waals surface area (Å²) in [5.41, 5.74) is 0.237. The van der Waals surface area contributed by atoms with Crippen LogP contribution in [0.5, 0.6) is 0 Å². The SMILES string of the molecule is CCCS(=O)(=O)C(=O)c1ccccc1. The highest BCUT2D eigenvalue weighted by molar-refractivity contribution is 8.06. The van der Waals surface area contributed by atoms with E-state index < -0.39 is 15.0 Å². The zero-order chi connectivity index (χ0) is 10.6. The summed E-state index contributed by atoms with van der Waals surface area (Å²) in [6.45, 7) is 1.73. The minimum Gasteiger partial charge on any atom is -0.276 e. The topological polar surface area (TPSA) is 51.2 Å². The second-order valence-corrected chi connectivity index (χ2v) is 4.98. The van der Waals surface area contributed by atoms with Gasteiger partial charge in [-0.1, -0.05) is 37.3 Å². The van der Waals surface area contributed by atoms with Gasteiger partial charge in [0.25, 0.3) is 5.12 Å². The van der Waals surface area contributed by atoms with Crippen LogP contribution in [-0.2, 0) is 9.84 Å². The van der Waals surface area contributed by atoms with E-state index in [9.17, 15) is 13.2 Å². The smallest absolute Gasteiger partial charge is 0.276 e. The third kappa shape index (κ3) is 2.42. The molecule has 1 rings (SSSR count). The van der Waals surface area contributed by atoms with Crippen LogP contribution in [-0.4, -0.2) is 19.3 Å². The Bertz CT molecular complexity index is 406. The van der Waals surface area contributed by atoms with Crippen LogP contribution >= 0.6 is 0 Å². The summed E-state index contributed by atoms with van der Waals surface area (Å²) in [6.07, 6.45) is 0.459. The van der Waals surface area contributed by atoms with Crippen molar-refractivity contribution in [2.45, 2.75) is 13.3 Å². The van der Waals surface area contributed by atoms with E-state index in [4.69, 9.17) is 0 Å². The molecule has 0 aliphatic heterocycles. The largest absolute Gasteiger partial charge is 0.276 e. The molecule has 0 amide bonds. The molecule has 4 heteroatoms. The van der Waals surface area contributed by atoms with Crippen molar-refractivity contribution in [3.05, 3.63) is 35.9 Å². The van der Waals surface area contributed by atoms with E-state index in [2.05, 4.69) is 0 Å². The first-order valence-corrected chi connectivity index (χ1v) is 6.05. The Kier molecular flexibility index (Phi) is 3.41. The van der Waals surface area contributed by atoms with E-state index in [1.54, 1.807) is 25.1 Å². The van der Waals surface area contributed by atoms with Gasteiger partial charge in [-0.25, -0.2) is 8.42 Å². The zero-order valence-electron chi connectivity index (χ0n) is 7.93. The van der Waals surface area contributed by atoms with Crippen molar-refractivity contribution >= 4 is 15.0 Å². The summed E-state index contributed by atoms with van der Waals surface area (Å²) in [5.74, 6) is -0.0826. The van der Waals surface area contributed by atoms with Crippen molar-refractivity contribution in [1.82, 2.24) is 0 Å². The van der Waals surface area contributed by atoms with E-state index in [-0.39, 0.29) is 11.3 Å². The normalized spacial score (nSPS) is 11.2. The summed E-state index contributed by atoms with van der Waals surface area (Å²) in [4.78, 5) is 11.5. The van der Waals surface area contributed by atoms with Gasteiger partial charge in [0.2, 0.25) is 9.84 Å². The van der Waals surface area contributed by atoms with Crippen LogP contribution in [0.25, 0.3) is 0 Å². The van der Waals surface area contributed by atoms with Crippen molar-refractivity contribution in [2.75, 3.05) is 5.75 Å². The summed E-state index contributed by atoms with van der Waals surface area (Å²) < 4.78 is 22.8. The Morgan fingerprint density at radius 1 is 1.21 bits per heavy atom. The molecule has 1 aromatic rings. The summed E-state index contributed by atoms with van der Waals surface area (Å²) in [6, 6.07) is 8.05. The highest BCUT2D eigenvalue weighted by Gasteiger charge is 2.21. The molecule has 0 saturated carbocycles. The summed E-state index contributed by atoms with van der Waals surface area (Å²) in [7, 11) is -3.60. The second-order valence-electron chi connectivity index (χ2n) is 2.97. The van der Waals surface area contributed by atoms with Gasteiger partial charge in [0, 0.05) is 5.56 Å². The van der Waals surface area contributed by atoms with Gasteiger partial charge in [-0.2, -0.15) is 0 Å². The van der Waals surface area contributed by atoms with Gasteiger partial charge >= 0.3 is 0 Å². The molecule has 0 heterocycles. The fraction of sp³-hybridized carbons (Fsp3) is 0.300. The predicted octanol–water partition coefficient (Wildman–Crippen LogP) is 1.65. The Hall–Kier alpha value is -1.16. The van der Waals surface area contributed by atoms with Crippen molar-refractivity contribution in [3.63, 3.8) is 0 Å². The van der Waals surface area contributed by atoms with Gasteiger partial charge in [0.05, 0.1) is 5.75 Å². The molecule has 14 heavy (non-hydrogen) atoms. The number of hydrogen-bond acceptors (Lipinski definition) is 3. The Labute approximate surface area is 83.7 Å². The molecule has 3 nitrogen and oxygen atoms in total. The van der Waals surface area contributed by atoms with E-state index in [0.29, 0.717) is 6.42 Å². The van der Waals surface area contributed by atoms with Crippen LogP contribution in [0.15, 0.2) is 30.3 Å². The molecular weight excluding hydrogens is 200 g/mol. The lowest BCUT2D eigenvalue weighted by Crippen LogP contribution is -2.17. The average Bonchev–Trinajstić information content (AvgIpc) is 2.18. The number of carbonyl (C=O) groups is 1. The number of benzene rings is 1. The number of carbonyl (C=O) groups excluding carboxylic acids is 1. The second kappa shape index (κ2) is 4.37. The Morgan fingerprint density at radius 2 is 1.79 bits per heavy atom. The molecule has 0 aliphatic carbocycles. The highest BCUT2D eigenvalue weighted by atomic mass is 32.2. The van der Waals surface area contributed by atoms with E-state index >= 15 is 0 Å². The van der Waals surface area contributed by atoms with Crippen molar-refractivity contribution < 1.29 is 13.2 Å². The maximum atomic E-state index is 11.5. The van der Waals surface area contributed by atoms with Gasteiger partial charge in [0.15, 0.2) is 0 Å². The van der Waals surface area contributed by atoms with Crippen LogP contribution in [0.2, 0.25) is 0 Å². The first kappa shape index (κ1) is 10.9. The standard InChI is InChI=1S/C10H12O3S/c1-2-8-14(12,13)10(11)9-6-4-3-5-7-9/h3-7H,2,8H2,1H3. The fourth-order valence-corrected chi connectivity index (χ4v) is 2.33. The fourth-order valence-electron chi connectivity index (χ4n) is 1.12. The first-order chi connectivity index (χ1) is 6.58. The van der Waals surface area contributed by atoms with Crippen LogP contribution in [0.4, 0.5) is 0 Å². The van der Waals surface area contributed by atoms with Gasteiger partial charge in [-0.05, 0) is 6.42 Å². The number of hydrogen-bond donors (Lipinski definition) is 0. The minimum absolute atomic E-state index is 0.0826. The lowest BCUT2D eigenvalue weighted by Gasteiger charge is -2.00. The monoisotopic (exact) mass is 212 g/mol. The molecule has 0 spiro atoms. The molecule has 0 unspecified atom stereocenters. The molecule has 0 fully saturated rings. The number of sulfone groups is 1. The van der Waals surface area contributed by atoms with Gasteiger partial charge in [-0.3, -0.25) is 4.79 Å². The molecule has 1 aromatic carbocycles. The molecule has 76 valence electrons. The summed E-state index contributed by atoms with van der Waals surface area (Å²) in [5, 5.41) is -0.778. The molecule has 0 N–H and O–H groups in total. The maximum absolute atomic E-state index is 11.5. The van der Waals surface area contributed by atoms with Crippen molar-refractivity contribution in [2.24, 2.45) is 0 Å². The maximum Gasteiger partial charge on any atom is 0.276 e. The zero-order valence-corrected chi connectivity index (χ0v) is 8.75. The lowest BCUT2D eigenvalue weighted by molar-refractivity contribution is 0.107. The molecule has 0 bridgehead atoms. The van der Waals surface area contributed by atoms with Crippen molar-refractivity contribution in [1.29, 1.82) is 0 Å². The van der Waals surface area contributed by atoms with Crippen molar-refractivity contribution in [3.8, 4) is 0 Å². The average molecular weight is 212 g/mol. The van der Waals surface area contributed by atoms with Crippen LogP contribution in [0.1, 0.15) is 23.7 Å². The lowest BCUT2D eigenvalue weighted by atomic mass is 10.2. The molecule has 0 atom stereocenters. The highest BCUT2D eigenvalue weighted by Crippen LogP contribution is 2.07. The summed E-state index contributed by atoms with van der Waals surface area (Å²) >= 11 is 0. The molecule has 0 aromatic heterocycles. The van der Waals surface area contributed by atoms with Crippen LogP contribution in [0, 0.1) is 0 Å². The number of rotatable bonds is 3. The van der Waals surface area contributed by atoms with E-state index in [1.807, 2.05) is 0 Å². The molecular formula is C10H12O3S. The third-order valence-corrected chi connectivity index (χ3v) is 3.51. The van der Waals surface area contributed by atoms with Crippen LogP contribution in [0.3, 0.4) is 0 Å². The van der Waals surface area contributed by atoms with E-state index in [1.165, 1.54) is 12.1 Å². The predicted molar refractivity (Wildman–Crippen MR) is 54.9 cm³/mol. The molecule has 0 saturated heterocycles. The molecule has 0 radical (unpaired) electrons. The van der Waals surface area contributed by atoms with Crippen LogP contribution < -0.4 is 0 Å². The minimum atomic E-state index is -3.60. The molecule has 0 aliphatic rings. The quantitative estimate of drug-likeness (QED) is 0.765. The van der Waals surface area contributed by atoms with Gasteiger partial charge in [-0.15, -0.1) is 0 Å². The first-order valence-electron chi connectivity index (χ1n) is 4.40. The van der Waals surface area contributed by atoms with Gasteiger partial charge < -0.3 is 0 Å². The van der Waals surface area contributed by atoms with E-state index in [0.717, 1.165) is 0 Å². The van der Waals surface area contributed by atoms with Gasteiger partial charge in [0.1, 0.15) is 0 Å².